The molecule has 1 atom stereocenters. The van der Waals surface area contributed by atoms with Crippen molar-refractivity contribution in [2.45, 2.75) is 25.4 Å². The summed E-state index contributed by atoms with van der Waals surface area (Å²) in [6, 6.07) is 3.83. The minimum absolute atomic E-state index is 0.0387. The smallest absolute Gasteiger partial charge is 0.228 e. The second-order valence-electron chi connectivity index (χ2n) is 5.20. The number of aliphatic hydroxyl groups is 1. The summed E-state index contributed by atoms with van der Waals surface area (Å²) in [5.41, 5.74) is 1.75. The van der Waals surface area contributed by atoms with Crippen molar-refractivity contribution >= 4 is 17.2 Å². The lowest BCUT2D eigenvalue weighted by atomic mass is 10.1. The zero-order valence-corrected chi connectivity index (χ0v) is 12.4. The van der Waals surface area contributed by atoms with E-state index in [4.69, 9.17) is 0 Å². The van der Waals surface area contributed by atoms with Gasteiger partial charge >= 0.3 is 0 Å². The zero-order valence-electron chi connectivity index (χ0n) is 11.6. The van der Waals surface area contributed by atoms with E-state index < -0.39 is 0 Å². The topological polar surface area (TPSA) is 66.3 Å². The molecule has 0 saturated carbocycles. The first kappa shape index (κ1) is 14.2. The molecule has 1 unspecified atom stereocenters. The lowest BCUT2D eigenvalue weighted by Crippen LogP contribution is -2.42. The van der Waals surface area contributed by atoms with Crippen LogP contribution >= 0.6 is 11.3 Å². The monoisotopic (exact) mass is 303 g/mol. The molecule has 1 saturated heterocycles. The summed E-state index contributed by atoms with van der Waals surface area (Å²) >= 11 is 1.52. The summed E-state index contributed by atoms with van der Waals surface area (Å²) < 4.78 is 0. The normalized spacial score (nSPS) is 18.7. The Hall–Kier alpha value is -1.79. The van der Waals surface area contributed by atoms with Crippen LogP contribution in [0, 0.1) is 0 Å². The molecular weight excluding hydrogens is 286 g/mol. The molecule has 0 aromatic carbocycles. The number of nitrogens with zero attached hydrogens (tertiary/aromatic N) is 3. The summed E-state index contributed by atoms with van der Waals surface area (Å²) in [5.74, 6) is 0.0387. The van der Waals surface area contributed by atoms with Crippen molar-refractivity contribution < 1.29 is 9.90 Å². The molecule has 0 bridgehead atoms. The van der Waals surface area contributed by atoms with Crippen molar-refractivity contribution in [1.29, 1.82) is 0 Å². The molecule has 5 nitrogen and oxygen atoms in total. The molecule has 6 heteroatoms. The maximum atomic E-state index is 12.2. The molecule has 3 heterocycles. The van der Waals surface area contributed by atoms with Gasteiger partial charge in [-0.05, 0) is 25.0 Å². The molecule has 1 aliphatic rings. The van der Waals surface area contributed by atoms with Gasteiger partial charge in [-0.3, -0.25) is 9.78 Å². The maximum absolute atomic E-state index is 12.2. The van der Waals surface area contributed by atoms with E-state index >= 15 is 0 Å². The Balaban J connectivity index is 1.66. The van der Waals surface area contributed by atoms with Gasteiger partial charge in [0.15, 0.2) is 0 Å². The Morgan fingerprint density at radius 1 is 1.52 bits per heavy atom. The van der Waals surface area contributed by atoms with Crippen LogP contribution in [0.15, 0.2) is 29.9 Å². The highest BCUT2D eigenvalue weighted by Crippen LogP contribution is 2.23. The van der Waals surface area contributed by atoms with Gasteiger partial charge in [-0.1, -0.05) is 0 Å². The summed E-state index contributed by atoms with van der Waals surface area (Å²) in [6.07, 6.45) is 5.05. The summed E-state index contributed by atoms with van der Waals surface area (Å²) in [4.78, 5) is 22.5. The van der Waals surface area contributed by atoms with Crippen molar-refractivity contribution in [2.24, 2.45) is 0 Å². The van der Waals surface area contributed by atoms with E-state index in [0.29, 0.717) is 13.0 Å². The van der Waals surface area contributed by atoms with Gasteiger partial charge in [0.2, 0.25) is 5.91 Å². The number of piperidine rings is 1. The van der Waals surface area contributed by atoms with Gasteiger partial charge in [-0.15, -0.1) is 11.3 Å². The van der Waals surface area contributed by atoms with Crippen LogP contribution in [0.2, 0.25) is 0 Å². The van der Waals surface area contributed by atoms with E-state index in [1.165, 1.54) is 11.3 Å². The number of hydrogen-bond acceptors (Lipinski definition) is 5. The molecule has 0 aliphatic carbocycles. The van der Waals surface area contributed by atoms with Crippen LogP contribution in [0.1, 0.15) is 18.5 Å². The van der Waals surface area contributed by atoms with Crippen LogP contribution in [0.4, 0.5) is 0 Å². The fourth-order valence-corrected chi connectivity index (χ4v) is 3.27. The molecule has 1 aliphatic heterocycles. The van der Waals surface area contributed by atoms with E-state index in [0.717, 1.165) is 35.7 Å². The third-order valence-electron chi connectivity index (χ3n) is 3.54. The predicted octanol–water partition coefficient (Wildman–Crippen LogP) is 1.73. The van der Waals surface area contributed by atoms with Gasteiger partial charge in [0.1, 0.15) is 5.01 Å². The third-order valence-corrected chi connectivity index (χ3v) is 4.48. The molecule has 2 aromatic heterocycles. The predicted molar refractivity (Wildman–Crippen MR) is 80.9 cm³/mol. The average Bonchev–Trinajstić information content (AvgIpc) is 2.97. The highest BCUT2D eigenvalue weighted by molar-refractivity contribution is 7.13. The first-order valence-corrected chi connectivity index (χ1v) is 7.91. The van der Waals surface area contributed by atoms with Gasteiger partial charge < -0.3 is 10.0 Å². The lowest BCUT2D eigenvalue weighted by Gasteiger charge is -2.29. The minimum Gasteiger partial charge on any atom is -0.391 e. The Morgan fingerprint density at radius 2 is 2.43 bits per heavy atom. The first-order chi connectivity index (χ1) is 10.2. The molecule has 1 N–H and O–H groups in total. The van der Waals surface area contributed by atoms with Gasteiger partial charge in [0.25, 0.3) is 0 Å². The number of carbonyl (C=O) groups is 1. The highest BCUT2D eigenvalue weighted by atomic mass is 32.1. The van der Waals surface area contributed by atoms with E-state index in [-0.39, 0.29) is 12.0 Å². The van der Waals surface area contributed by atoms with E-state index in [2.05, 4.69) is 9.97 Å². The molecule has 3 rings (SSSR count). The molecule has 21 heavy (non-hydrogen) atoms. The number of carbonyl (C=O) groups excluding carboxylic acids is 1. The van der Waals surface area contributed by atoms with Crippen molar-refractivity contribution in [3.05, 3.63) is 35.6 Å². The number of likely N-dealkylation sites (tertiary alicyclic amines) is 1. The van der Waals surface area contributed by atoms with Gasteiger partial charge in [0.05, 0.1) is 18.2 Å². The van der Waals surface area contributed by atoms with Crippen LogP contribution in [0.5, 0.6) is 0 Å². The van der Waals surface area contributed by atoms with E-state index in [9.17, 15) is 9.90 Å². The number of amides is 1. The fourth-order valence-electron chi connectivity index (χ4n) is 2.46. The zero-order chi connectivity index (χ0) is 14.7. The largest absolute Gasteiger partial charge is 0.391 e. The van der Waals surface area contributed by atoms with Gasteiger partial charge in [0, 0.05) is 36.4 Å². The Bertz CT molecular complexity index is 614. The number of aliphatic hydroxyl groups excluding tert-OH is 1. The average molecular weight is 303 g/mol. The molecule has 1 amide bonds. The number of aromatic nitrogens is 2. The van der Waals surface area contributed by atoms with Crippen LogP contribution in [0.25, 0.3) is 10.6 Å². The number of rotatable bonds is 3. The SMILES string of the molecule is O=C(Cc1csc(-c2cccnc2)n1)N1CCCC(O)C1. The minimum atomic E-state index is -0.385. The summed E-state index contributed by atoms with van der Waals surface area (Å²) in [5, 5.41) is 12.4. The quantitative estimate of drug-likeness (QED) is 0.938. The molecular formula is C15H17N3O2S. The second-order valence-corrected chi connectivity index (χ2v) is 6.06. The molecule has 110 valence electrons. The molecule has 0 radical (unpaired) electrons. The summed E-state index contributed by atoms with van der Waals surface area (Å²) in [7, 11) is 0. The fraction of sp³-hybridized carbons (Fsp3) is 0.400. The Kier molecular flexibility index (Phi) is 4.26. The van der Waals surface area contributed by atoms with Crippen molar-refractivity contribution in [1.82, 2.24) is 14.9 Å². The van der Waals surface area contributed by atoms with Crippen molar-refractivity contribution in [2.75, 3.05) is 13.1 Å². The van der Waals surface area contributed by atoms with Crippen LogP contribution < -0.4 is 0 Å². The van der Waals surface area contributed by atoms with Crippen LogP contribution in [0.3, 0.4) is 0 Å². The second kappa shape index (κ2) is 6.32. The number of hydrogen-bond donors (Lipinski definition) is 1. The maximum Gasteiger partial charge on any atom is 0.228 e. The van der Waals surface area contributed by atoms with E-state index in [1.54, 1.807) is 17.3 Å². The van der Waals surface area contributed by atoms with E-state index in [1.807, 2.05) is 17.5 Å². The first-order valence-electron chi connectivity index (χ1n) is 7.03. The van der Waals surface area contributed by atoms with Crippen LogP contribution in [-0.4, -0.2) is 45.1 Å². The van der Waals surface area contributed by atoms with Crippen molar-refractivity contribution in [3.63, 3.8) is 0 Å². The summed E-state index contributed by atoms with van der Waals surface area (Å²) in [6.45, 7) is 1.17. The van der Waals surface area contributed by atoms with Gasteiger partial charge in [-0.25, -0.2) is 4.98 Å². The van der Waals surface area contributed by atoms with Gasteiger partial charge in [-0.2, -0.15) is 0 Å². The Morgan fingerprint density at radius 3 is 3.19 bits per heavy atom. The highest BCUT2D eigenvalue weighted by Gasteiger charge is 2.22. The number of thiazole rings is 1. The number of pyridine rings is 1. The number of β-amino-alcohol motifs (C(OH)–C–C–N with tert-alkyl or cyclic N) is 1. The Labute approximate surface area is 127 Å². The van der Waals surface area contributed by atoms with Crippen molar-refractivity contribution in [3.8, 4) is 10.6 Å². The third kappa shape index (κ3) is 3.46. The standard InChI is InChI=1S/C15H17N3O2S/c19-13-4-2-6-18(9-13)14(20)7-12-10-21-15(17-12)11-3-1-5-16-8-11/h1,3,5,8,10,13,19H,2,4,6-7,9H2. The molecule has 0 spiro atoms. The van der Waals surface area contributed by atoms with Crippen LogP contribution in [-0.2, 0) is 11.2 Å². The molecule has 2 aromatic rings. The molecule has 1 fully saturated rings. The lowest BCUT2D eigenvalue weighted by molar-refractivity contribution is -0.133.